The molecule has 20 heavy (non-hydrogen) atoms. The number of hydrogen-bond acceptors (Lipinski definition) is 4. The number of ether oxygens (including phenoxy) is 1. The van der Waals surface area contributed by atoms with Crippen LogP contribution >= 0.6 is 0 Å². The molecule has 7 heteroatoms. The summed E-state index contributed by atoms with van der Waals surface area (Å²) in [4.78, 5) is 21.8. The molecule has 3 N–H and O–H groups in total. The van der Waals surface area contributed by atoms with Crippen molar-refractivity contribution in [2.75, 3.05) is 6.61 Å². The summed E-state index contributed by atoms with van der Waals surface area (Å²) >= 11 is 0. The SMILES string of the molecule is NC(=O)CCOc1c(C(=O)O)cnn1-c1ccccc1. The highest BCUT2D eigenvalue weighted by molar-refractivity contribution is 5.90. The van der Waals surface area contributed by atoms with E-state index in [-0.39, 0.29) is 24.5 Å². The summed E-state index contributed by atoms with van der Waals surface area (Å²) in [6.07, 6.45) is 1.20. The molecular weight excluding hydrogens is 262 g/mol. The number of nitrogens with two attached hydrogens (primary N) is 1. The van der Waals surface area contributed by atoms with Gasteiger partial charge >= 0.3 is 5.97 Å². The van der Waals surface area contributed by atoms with Crippen molar-refractivity contribution in [3.63, 3.8) is 0 Å². The van der Waals surface area contributed by atoms with Crippen LogP contribution in [-0.4, -0.2) is 33.4 Å². The van der Waals surface area contributed by atoms with E-state index in [2.05, 4.69) is 5.10 Å². The second-order valence-electron chi connectivity index (χ2n) is 3.98. The van der Waals surface area contributed by atoms with Gasteiger partial charge in [-0.1, -0.05) is 18.2 Å². The number of carbonyl (C=O) groups is 2. The summed E-state index contributed by atoms with van der Waals surface area (Å²) in [7, 11) is 0. The van der Waals surface area contributed by atoms with Crippen molar-refractivity contribution < 1.29 is 19.4 Å². The van der Waals surface area contributed by atoms with E-state index in [1.54, 1.807) is 24.3 Å². The molecule has 0 spiro atoms. The molecule has 0 fully saturated rings. The van der Waals surface area contributed by atoms with Gasteiger partial charge in [0.25, 0.3) is 0 Å². The maximum atomic E-state index is 11.1. The van der Waals surface area contributed by atoms with Crippen molar-refractivity contribution >= 4 is 11.9 Å². The van der Waals surface area contributed by atoms with Crippen molar-refractivity contribution in [1.29, 1.82) is 0 Å². The predicted octanol–water partition coefficient (Wildman–Crippen LogP) is 0.825. The van der Waals surface area contributed by atoms with Crippen molar-refractivity contribution in [3.8, 4) is 11.6 Å². The fourth-order valence-electron chi connectivity index (χ4n) is 1.62. The van der Waals surface area contributed by atoms with Gasteiger partial charge in [-0.05, 0) is 12.1 Å². The Hall–Kier alpha value is -2.83. The Morgan fingerprint density at radius 1 is 1.30 bits per heavy atom. The third-order valence-corrected chi connectivity index (χ3v) is 2.54. The van der Waals surface area contributed by atoms with Gasteiger partial charge in [0, 0.05) is 0 Å². The molecule has 2 rings (SSSR count). The van der Waals surface area contributed by atoms with Crippen LogP contribution in [0.5, 0.6) is 5.88 Å². The maximum absolute atomic E-state index is 11.1. The fourth-order valence-corrected chi connectivity index (χ4v) is 1.62. The Kier molecular flexibility index (Phi) is 3.99. The number of aromatic nitrogens is 2. The average Bonchev–Trinajstić information content (AvgIpc) is 2.83. The minimum absolute atomic E-state index is 0.000964. The largest absolute Gasteiger partial charge is 0.477 e. The topological polar surface area (TPSA) is 107 Å². The standard InChI is InChI=1S/C13H13N3O4/c14-11(17)6-7-20-12-10(13(18)19)8-15-16(12)9-4-2-1-3-5-9/h1-5,8H,6-7H2,(H2,14,17)(H,18,19). The van der Waals surface area contributed by atoms with Crippen LogP contribution in [0.2, 0.25) is 0 Å². The number of amides is 1. The molecule has 0 saturated heterocycles. The van der Waals surface area contributed by atoms with Gasteiger partial charge in [-0.2, -0.15) is 5.10 Å². The second kappa shape index (κ2) is 5.87. The lowest BCUT2D eigenvalue weighted by molar-refractivity contribution is -0.118. The molecule has 0 aliphatic rings. The zero-order valence-corrected chi connectivity index (χ0v) is 10.5. The summed E-state index contributed by atoms with van der Waals surface area (Å²) in [6.45, 7) is -0.00581. The van der Waals surface area contributed by atoms with E-state index in [1.165, 1.54) is 10.9 Å². The van der Waals surface area contributed by atoms with E-state index in [0.717, 1.165) is 0 Å². The number of para-hydroxylation sites is 1. The first-order valence-electron chi connectivity index (χ1n) is 5.87. The molecule has 104 valence electrons. The van der Waals surface area contributed by atoms with Crippen LogP contribution in [0.3, 0.4) is 0 Å². The Balaban J connectivity index is 2.32. The minimum Gasteiger partial charge on any atom is -0.477 e. The van der Waals surface area contributed by atoms with Crippen molar-refractivity contribution in [2.24, 2.45) is 5.73 Å². The Bertz CT molecular complexity index is 622. The van der Waals surface area contributed by atoms with Gasteiger partial charge in [-0.25, -0.2) is 9.48 Å². The molecule has 2 aromatic rings. The van der Waals surface area contributed by atoms with Crippen LogP contribution < -0.4 is 10.5 Å². The monoisotopic (exact) mass is 275 g/mol. The summed E-state index contributed by atoms with van der Waals surface area (Å²) in [5, 5.41) is 13.1. The number of rotatable bonds is 6. The van der Waals surface area contributed by atoms with Crippen molar-refractivity contribution in [1.82, 2.24) is 9.78 Å². The Morgan fingerprint density at radius 3 is 2.60 bits per heavy atom. The Labute approximate surface area is 114 Å². The van der Waals surface area contributed by atoms with E-state index in [4.69, 9.17) is 15.6 Å². The number of benzene rings is 1. The van der Waals surface area contributed by atoms with Gasteiger partial charge in [-0.3, -0.25) is 4.79 Å². The number of carboxylic acids is 1. The van der Waals surface area contributed by atoms with Gasteiger partial charge in [0.1, 0.15) is 5.56 Å². The second-order valence-corrected chi connectivity index (χ2v) is 3.98. The smallest absolute Gasteiger partial charge is 0.342 e. The molecule has 7 nitrogen and oxygen atoms in total. The van der Waals surface area contributed by atoms with Crippen LogP contribution in [0.4, 0.5) is 0 Å². The van der Waals surface area contributed by atoms with E-state index in [9.17, 15) is 9.59 Å². The highest BCUT2D eigenvalue weighted by atomic mass is 16.5. The molecule has 0 aliphatic heterocycles. The van der Waals surface area contributed by atoms with Crippen molar-refractivity contribution in [2.45, 2.75) is 6.42 Å². The first-order chi connectivity index (χ1) is 9.59. The third-order valence-electron chi connectivity index (χ3n) is 2.54. The predicted molar refractivity (Wildman–Crippen MR) is 69.8 cm³/mol. The molecule has 0 aliphatic carbocycles. The normalized spacial score (nSPS) is 10.2. The molecule has 0 bridgehead atoms. The zero-order valence-electron chi connectivity index (χ0n) is 10.5. The fraction of sp³-hybridized carbons (Fsp3) is 0.154. The number of primary amides is 1. The van der Waals surface area contributed by atoms with E-state index in [1.807, 2.05) is 6.07 Å². The van der Waals surface area contributed by atoms with E-state index < -0.39 is 11.9 Å². The highest BCUT2D eigenvalue weighted by Crippen LogP contribution is 2.22. The maximum Gasteiger partial charge on any atom is 0.342 e. The summed E-state index contributed by atoms with van der Waals surface area (Å²) < 4.78 is 6.72. The van der Waals surface area contributed by atoms with Crippen LogP contribution in [0.15, 0.2) is 36.5 Å². The lowest BCUT2D eigenvalue weighted by Gasteiger charge is -2.09. The van der Waals surface area contributed by atoms with Crippen LogP contribution in [0, 0.1) is 0 Å². The summed E-state index contributed by atoms with van der Waals surface area (Å²) in [5.74, 6) is -1.60. The third kappa shape index (κ3) is 2.94. The van der Waals surface area contributed by atoms with Gasteiger partial charge < -0.3 is 15.6 Å². The molecule has 1 amide bonds. The Morgan fingerprint density at radius 2 is 2.00 bits per heavy atom. The number of nitrogens with zero attached hydrogens (tertiary/aromatic N) is 2. The highest BCUT2D eigenvalue weighted by Gasteiger charge is 2.19. The first kappa shape index (κ1) is 13.6. The van der Waals surface area contributed by atoms with Gasteiger partial charge in [0.2, 0.25) is 11.8 Å². The molecule has 0 atom stereocenters. The molecule has 1 heterocycles. The number of aromatic carboxylic acids is 1. The minimum atomic E-state index is -1.15. The number of hydrogen-bond donors (Lipinski definition) is 2. The van der Waals surface area contributed by atoms with E-state index >= 15 is 0 Å². The molecular formula is C13H13N3O4. The molecule has 0 radical (unpaired) electrons. The van der Waals surface area contributed by atoms with Crippen LogP contribution in [-0.2, 0) is 4.79 Å². The summed E-state index contributed by atoms with van der Waals surface area (Å²) in [5.41, 5.74) is 5.61. The van der Waals surface area contributed by atoms with Gasteiger partial charge in [0.15, 0.2) is 0 Å². The van der Waals surface area contributed by atoms with E-state index in [0.29, 0.717) is 5.69 Å². The quantitative estimate of drug-likeness (QED) is 0.811. The van der Waals surface area contributed by atoms with Gasteiger partial charge in [-0.15, -0.1) is 0 Å². The zero-order chi connectivity index (χ0) is 14.5. The average molecular weight is 275 g/mol. The molecule has 0 saturated carbocycles. The lowest BCUT2D eigenvalue weighted by atomic mass is 10.3. The lowest BCUT2D eigenvalue weighted by Crippen LogP contribution is -2.16. The number of carbonyl (C=O) groups excluding carboxylic acids is 1. The first-order valence-corrected chi connectivity index (χ1v) is 5.87. The molecule has 1 aromatic heterocycles. The molecule has 0 unspecified atom stereocenters. The van der Waals surface area contributed by atoms with Gasteiger partial charge in [0.05, 0.1) is 24.9 Å². The number of carboxylic acid groups (broad SMARTS) is 1. The van der Waals surface area contributed by atoms with Crippen molar-refractivity contribution in [3.05, 3.63) is 42.1 Å². The molecule has 1 aromatic carbocycles. The van der Waals surface area contributed by atoms with Crippen LogP contribution in [0.25, 0.3) is 5.69 Å². The van der Waals surface area contributed by atoms with Crippen LogP contribution in [0.1, 0.15) is 16.8 Å². The summed E-state index contributed by atoms with van der Waals surface area (Å²) in [6, 6.07) is 8.95.